The number of hydrogen-bond donors (Lipinski definition) is 0. The van der Waals surface area contributed by atoms with Crippen LogP contribution in [0.15, 0.2) is 0 Å². The van der Waals surface area contributed by atoms with E-state index in [0.717, 1.165) is 0 Å². The molecule has 9 heavy (non-hydrogen) atoms. The van der Waals surface area contributed by atoms with Crippen LogP contribution in [0, 0.1) is 18.3 Å². The highest BCUT2D eigenvalue weighted by molar-refractivity contribution is 4.77. The van der Waals surface area contributed by atoms with Crippen molar-refractivity contribution in [3.63, 3.8) is 0 Å². The molecule has 0 saturated heterocycles. The molecular weight excluding hydrogens is 108 g/mol. The Hall–Kier alpha value is 0. The van der Waals surface area contributed by atoms with E-state index in [4.69, 9.17) is 0 Å². The van der Waals surface area contributed by atoms with Crippen LogP contribution in [-0.2, 0) is 0 Å². The Labute approximate surface area is 59.7 Å². The first kappa shape index (κ1) is 9.00. The summed E-state index contributed by atoms with van der Waals surface area (Å²) in [4.78, 5) is 0. The van der Waals surface area contributed by atoms with Gasteiger partial charge in [0.25, 0.3) is 0 Å². The fraction of sp³-hybridized carbons (Fsp3) is 0.889. The van der Waals surface area contributed by atoms with E-state index in [2.05, 4.69) is 34.6 Å². The average molecular weight is 127 g/mol. The molecule has 0 bridgehead atoms. The molecule has 0 spiro atoms. The van der Waals surface area contributed by atoms with Crippen molar-refractivity contribution in [3.8, 4) is 0 Å². The van der Waals surface area contributed by atoms with Gasteiger partial charge >= 0.3 is 0 Å². The van der Waals surface area contributed by atoms with E-state index in [1.807, 2.05) is 0 Å². The largest absolute Gasteiger partial charge is 0.0651 e. The summed E-state index contributed by atoms with van der Waals surface area (Å²) in [6.07, 6.45) is 2.43. The second-order valence-corrected chi connectivity index (χ2v) is 3.45. The minimum absolute atomic E-state index is 0.439. The van der Waals surface area contributed by atoms with Crippen LogP contribution in [-0.4, -0.2) is 0 Å². The highest BCUT2D eigenvalue weighted by Crippen LogP contribution is 2.31. The highest BCUT2D eigenvalue weighted by atomic mass is 14.3. The SMILES string of the molecule is [CH2]C(CC)C(C)(C)CC. The first-order valence-corrected chi connectivity index (χ1v) is 3.87. The van der Waals surface area contributed by atoms with Gasteiger partial charge in [-0.3, -0.25) is 0 Å². The van der Waals surface area contributed by atoms with Crippen LogP contribution in [0.2, 0.25) is 0 Å². The predicted molar refractivity (Wildman–Crippen MR) is 43.2 cm³/mol. The van der Waals surface area contributed by atoms with Crippen molar-refractivity contribution in [2.24, 2.45) is 11.3 Å². The van der Waals surface area contributed by atoms with Crippen molar-refractivity contribution in [3.05, 3.63) is 6.92 Å². The Kier molecular flexibility index (Phi) is 3.24. The Morgan fingerprint density at radius 1 is 1.33 bits per heavy atom. The van der Waals surface area contributed by atoms with E-state index in [-0.39, 0.29) is 0 Å². The van der Waals surface area contributed by atoms with Crippen LogP contribution < -0.4 is 0 Å². The molecule has 1 atom stereocenters. The Bertz CT molecular complexity index is 72.1. The molecule has 0 aliphatic carbocycles. The molecule has 0 aromatic heterocycles. The second kappa shape index (κ2) is 3.24. The summed E-state index contributed by atoms with van der Waals surface area (Å²) in [5, 5.41) is 0. The zero-order valence-electron chi connectivity index (χ0n) is 7.20. The van der Waals surface area contributed by atoms with Gasteiger partial charge in [0.05, 0.1) is 0 Å². The van der Waals surface area contributed by atoms with Gasteiger partial charge < -0.3 is 0 Å². The third-order valence-corrected chi connectivity index (χ3v) is 2.51. The lowest BCUT2D eigenvalue weighted by molar-refractivity contribution is 0.240. The van der Waals surface area contributed by atoms with Crippen molar-refractivity contribution in [2.45, 2.75) is 40.5 Å². The van der Waals surface area contributed by atoms with Gasteiger partial charge in [-0.05, 0) is 18.3 Å². The minimum atomic E-state index is 0.439. The van der Waals surface area contributed by atoms with E-state index >= 15 is 0 Å². The topological polar surface area (TPSA) is 0 Å². The molecule has 0 aromatic carbocycles. The molecule has 0 heterocycles. The van der Waals surface area contributed by atoms with Gasteiger partial charge in [0.15, 0.2) is 0 Å². The summed E-state index contributed by atoms with van der Waals surface area (Å²) in [7, 11) is 0. The molecule has 1 unspecified atom stereocenters. The fourth-order valence-corrected chi connectivity index (χ4v) is 0.841. The number of rotatable bonds is 3. The molecular formula is C9H19. The average Bonchev–Trinajstić information content (AvgIpc) is 1.86. The summed E-state index contributed by atoms with van der Waals surface area (Å²) in [6, 6.07) is 0. The van der Waals surface area contributed by atoms with E-state index in [9.17, 15) is 0 Å². The summed E-state index contributed by atoms with van der Waals surface area (Å²) < 4.78 is 0. The predicted octanol–water partition coefficient (Wildman–Crippen LogP) is 3.28. The normalized spacial score (nSPS) is 15.7. The lowest BCUT2D eigenvalue weighted by Crippen LogP contribution is -2.19. The van der Waals surface area contributed by atoms with Gasteiger partial charge in [0.1, 0.15) is 0 Å². The van der Waals surface area contributed by atoms with E-state index < -0.39 is 0 Å². The van der Waals surface area contributed by atoms with Crippen LogP contribution >= 0.6 is 0 Å². The van der Waals surface area contributed by atoms with Gasteiger partial charge in [0.2, 0.25) is 0 Å². The lowest BCUT2D eigenvalue weighted by atomic mass is 9.77. The fourth-order valence-electron chi connectivity index (χ4n) is 0.841. The summed E-state index contributed by atoms with van der Waals surface area (Å²) in [6.45, 7) is 13.1. The maximum Gasteiger partial charge on any atom is -0.0329 e. The standard InChI is InChI=1S/C9H19/c1-6-8(3)9(4,5)7-2/h8H,3,6-7H2,1-2,4-5H3. The van der Waals surface area contributed by atoms with Crippen molar-refractivity contribution in [2.75, 3.05) is 0 Å². The monoisotopic (exact) mass is 127 g/mol. The molecule has 0 saturated carbocycles. The van der Waals surface area contributed by atoms with Gasteiger partial charge in [-0.15, -0.1) is 0 Å². The molecule has 0 heteroatoms. The van der Waals surface area contributed by atoms with E-state index in [1.54, 1.807) is 0 Å². The van der Waals surface area contributed by atoms with Crippen molar-refractivity contribution < 1.29 is 0 Å². The van der Waals surface area contributed by atoms with Crippen LogP contribution in [0.25, 0.3) is 0 Å². The van der Waals surface area contributed by atoms with Crippen LogP contribution in [0.5, 0.6) is 0 Å². The van der Waals surface area contributed by atoms with Crippen molar-refractivity contribution in [1.82, 2.24) is 0 Å². The zero-order valence-corrected chi connectivity index (χ0v) is 7.20. The molecule has 0 nitrogen and oxygen atoms in total. The van der Waals surface area contributed by atoms with Crippen molar-refractivity contribution in [1.29, 1.82) is 0 Å². The van der Waals surface area contributed by atoms with Gasteiger partial charge in [-0.25, -0.2) is 0 Å². The minimum Gasteiger partial charge on any atom is -0.0651 e. The van der Waals surface area contributed by atoms with Gasteiger partial charge in [-0.2, -0.15) is 0 Å². The smallest absolute Gasteiger partial charge is 0.0329 e. The van der Waals surface area contributed by atoms with E-state index in [0.29, 0.717) is 11.3 Å². The van der Waals surface area contributed by atoms with Crippen LogP contribution in [0.1, 0.15) is 40.5 Å². The first-order chi connectivity index (χ1) is 4.04. The van der Waals surface area contributed by atoms with E-state index in [1.165, 1.54) is 12.8 Å². The molecule has 0 fully saturated rings. The van der Waals surface area contributed by atoms with Crippen molar-refractivity contribution >= 4 is 0 Å². The summed E-state index contributed by atoms with van der Waals surface area (Å²) >= 11 is 0. The lowest BCUT2D eigenvalue weighted by Gasteiger charge is -2.29. The maximum atomic E-state index is 4.10. The molecule has 1 radical (unpaired) electrons. The second-order valence-electron chi connectivity index (χ2n) is 3.45. The zero-order chi connectivity index (χ0) is 7.49. The summed E-state index contributed by atoms with van der Waals surface area (Å²) in [5.41, 5.74) is 0.439. The Morgan fingerprint density at radius 3 is 1.89 bits per heavy atom. The quantitative estimate of drug-likeness (QED) is 0.545. The first-order valence-electron chi connectivity index (χ1n) is 3.87. The molecule has 55 valence electrons. The molecule has 0 aliphatic rings. The molecule has 0 rings (SSSR count). The Morgan fingerprint density at radius 2 is 1.78 bits per heavy atom. The highest BCUT2D eigenvalue weighted by Gasteiger charge is 2.21. The van der Waals surface area contributed by atoms with Crippen LogP contribution in [0.3, 0.4) is 0 Å². The Balaban J connectivity index is 3.80. The molecule has 0 aromatic rings. The number of hydrogen-bond acceptors (Lipinski definition) is 0. The third kappa shape index (κ3) is 2.38. The molecule has 0 aliphatic heterocycles. The summed E-state index contributed by atoms with van der Waals surface area (Å²) in [5.74, 6) is 0.613. The third-order valence-electron chi connectivity index (χ3n) is 2.51. The maximum absolute atomic E-state index is 4.10. The molecule has 0 amide bonds. The van der Waals surface area contributed by atoms with Gasteiger partial charge in [0, 0.05) is 0 Å². The molecule has 0 N–H and O–H groups in total. The van der Waals surface area contributed by atoms with Gasteiger partial charge in [-0.1, -0.05) is 40.5 Å². The van der Waals surface area contributed by atoms with Crippen LogP contribution in [0.4, 0.5) is 0 Å².